The number of aromatic amines is 7. The van der Waals surface area contributed by atoms with E-state index in [2.05, 4.69) is 114 Å². The van der Waals surface area contributed by atoms with E-state index < -0.39 is 0 Å². The zero-order valence-electron chi connectivity index (χ0n) is 31.9. The molecule has 7 heterocycles. The molecule has 0 spiro atoms. The SMILES string of the molecule is Cc1c[nH]cc1C.Cc1cc[nH]c1C.Cc1cc[nH]c1C.Cc1cn[nH]c1C.Cc1cn[nH]c1C.Cc1n[nH]nc1C.Cc1nc[nH]c1C. The lowest BCUT2D eigenvalue weighted by molar-refractivity contribution is 0.921. The molecule has 0 aliphatic heterocycles. The highest BCUT2D eigenvalue weighted by Gasteiger charge is 1.91. The molecule has 7 rings (SSSR count). The highest BCUT2D eigenvalue weighted by atomic mass is 15.3. The Morgan fingerprint density at radius 3 is 0.959 bits per heavy atom. The normalized spacial score (nSPS) is 9.43. The Bertz CT molecular complexity index is 1340. The first kappa shape index (κ1) is 41.6. The van der Waals surface area contributed by atoms with Crippen LogP contribution < -0.4 is 0 Å². The molecule has 266 valence electrons. The molecule has 7 aromatic heterocycles. The maximum Gasteiger partial charge on any atom is 0.0925 e. The van der Waals surface area contributed by atoms with Crippen molar-refractivity contribution in [3.63, 3.8) is 0 Å². The molecular weight excluding hydrogens is 612 g/mol. The minimum Gasteiger partial charge on any atom is -0.367 e. The molecule has 0 amide bonds. The van der Waals surface area contributed by atoms with E-state index in [9.17, 15) is 0 Å². The van der Waals surface area contributed by atoms with Gasteiger partial charge in [-0.15, -0.1) is 0 Å². The van der Waals surface area contributed by atoms with Gasteiger partial charge in [-0.3, -0.25) is 10.2 Å². The molecule has 7 N–H and O–H groups in total. The van der Waals surface area contributed by atoms with E-state index in [1.165, 1.54) is 44.8 Å². The van der Waals surface area contributed by atoms with Crippen molar-refractivity contribution in [2.24, 2.45) is 0 Å². The largest absolute Gasteiger partial charge is 0.367 e. The summed E-state index contributed by atoms with van der Waals surface area (Å²) in [5.41, 5.74) is 16.8. The molecule has 0 aliphatic rings. The highest BCUT2D eigenvalue weighted by molar-refractivity contribution is 5.19. The first-order valence-corrected chi connectivity index (χ1v) is 16.2. The van der Waals surface area contributed by atoms with Crippen molar-refractivity contribution in [1.82, 2.24) is 60.7 Å². The minimum atomic E-state index is 0.972. The minimum absolute atomic E-state index is 0.972. The smallest absolute Gasteiger partial charge is 0.0925 e. The summed E-state index contributed by atoms with van der Waals surface area (Å²) < 4.78 is 0. The summed E-state index contributed by atoms with van der Waals surface area (Å²) >= 11 is 0. The van der Waals surface area contributed by atoms with Crippen LogP contribution in [0.3, 0.4) is 0 Å². The fourth-order valence-electron chi connectivity index (χ4n) is 3.17. The lowest BCUT2D eigenvalue weighted by atomic mass is 10.2. The van der Waals surface area contributed by atoms with E-state index in [4.69, 9.17) is 0 Å². The van der Waals surface area contributed by atoms with E-state index in [0.29, 0.717) is 0 Å². The van der Waals surface area contributed by atoms with Crippen LogP contribution in [0.4, 0.5) is 0 Å². The summed E-state index contributed by atoms with van der Waals surface area (Å²) in [6.07, 6.45) is 13.2. The third-order valence-corrected chi connectivity index (χ3v) is 7.88. The number of nitrogens with one attached hydrogen (secondary N) is 7. The predicted octanol–water partition coefficient (Wildman–Crippen LogP) is 8.40. The maximum absolute atomic E-state index is 3.96. The van der Waals surface area contributed by atoms with Gasteiger partial charge in [0.05, 0.1) is 35.8 Å². The van der Waals surface area contributed by atoms with Crippen LogP contribution in [0, 0.1) is 96.9 Å². The first-order chi connectivity index (χ1) is 23.1. The van der Waals surface area contributed by atoms with Gasteiger partial charge in [0.1, 0.15) is 0 Å². The molecular formula is C37H58N12. The molecule has 7 aromatic rings. The number of hydrogen-bond donors (Lipinski definition) is 7. The van der Waals surface area contributed by atoms with Crippen molar-refractivity contribution in [2.45, 2.75) is 96.9 Å². The van der Waals surface area contributed by atoms with Gasteiger partial charge in [0.25, 0.3) is 0 Å². The van der Waals surface area contributed by atoms with Gasteiger partial charge in [0.2, 0.25) is 0 Å². The summed E-state index contributed by atoms with van der Waals surface area (Å²) in [6, 6.07) is 4.13. The molecule has 0 saturated heterocycles. The number of hydrogen-bond acceptors (Lipinski definition) is 5. The summed E-state index contributed by atoms with van der Waals surface area (Å²) in [7, 11) is 0. The lowest BCUT2D eigenvalue weighted by Crippen LogP contribution is -1.71. The molecule has 0 bridgehead atoms. The van der Waals surface area contributed by atoms with Crippen molar-refractivity contribution in [1.29, 1.82) is 0 Å². The van der Waals surface area contributed by atoms with E-state index in [0.717, 1.165) is 34.2 Å². The van der Waals surface area contributed by atoms with Crippen LogP contribution in [0.2, 0.25) is 0 Å². The van der Waals surface area contributed by atoms with E-state index in [-0.39, 0.29) is 0 Å². The molecule has 0 aromatic carbocycles. The summed E-state index contributed by atoms with van der Waals surface area (Å²) in [5.74, 6) is 0. The molecule has 49 heavy (non-hydrogen) atoms. The molecule has 0 saturated carbocycles. The molecule has 12 nitrogen and oxygen atoms in total. The number of rotatable bonds is 0. The third kappa shape index (κ3) is 16.8. The Balaban J connectivity index is 0.000000286. The second-order valence-electron chi connectivity index (χ2n) is 11.9. The van der Waals surface area contributed by atoms with Crippen LogP contribution in [0.1, 0.15) is 78.9 Å². The summed E-state index contributed by atoms with van der Waals surface area (Å²) in [5, 5.41) is 23.3. The van der Waals surface area contributed by atoms with Gasteiger partial charge in [0.15, 0.2) is 0 Å². The zero-order valence-corrected chi connectivity index (χ0v) is 31.9. The second-order valence-corrected chi connectivity index (χ2v) is 11.9. The number of imidazole rings is 1. The molecule has 0 aliphatic carbocycles. The van der Waals surface area contributed by atoms with Crippen molar-refractivity contribution >= 4 is 0 Å². The number of aryl methyl sites for hydroxylation is 14. The van der Waals surface area contributed by atoms with E-state index in [1.54, 1.807) is 6.33 Å². The number of H-pyrrole nitrogens is 7. The Labute approximate surface area is 291 Å². The molecule has 0 fully saturated rings. The quantitative estimate of drug-likeness (QED) is 0.0856. The maximum atomic E-state index is 3.96. The fourth-order valence-corrected chi connectivity index (χ4v) is 3.17. The van der Waals surface area contributed by atoms with Crippen molar-refractivity contribution < 1.29 is 0 Å². The summed E-state index contributed by atoms with van der Waals surface area (Å²) in [6.45, 7) is 28.4. The molecule has 0 atom stereocenters. The van der Waals surface area contributed by atoms with Gasteiger partial charge in [-0.2, -0.15) is 25.6 Å². The monoisotopic (exact) mass is 670 g/mol. The predicted molar refractivity (Wildman–Crippen MR) is 201 cm³/mol. The van der Waals surface area contributed by atoms with Crippen LogP contribution in [0.15, 0.2) is 55.6 Å². The van der Waals surface area contributed by atoms with E-state index >= 15 is 0 Å². The van der Waals surface area contributed by atoms with Crippen molar-refractivity contribution in [3.8, 4) is 0 Å². The Kier molecular flexibility index (Phi) is 18.9. The van der Waals surface area contributed by atoms with Gasteiger partial charge in [-0.1, -0.05) is 0 Å². The van der Waals surface area contributed by atoms with Gasteiger partial charge in [-0.25, -0.2) is 4.98 Å². The van der Waals surface area contributed by atoms with Gasteiger partial charge in [0, 0.05) is 53.3 Å². The van der Waals surface area contributed by atoms with Crippen LogP contribution in [0.25, 0.3) is 0 Å². The third-order valence-electron chi connectivity index (χ3n) is 7.88. The van der Waals surface area contributed by atoms with Crippen LogP contribution in [0.5, 0.6) is 0 Å². The Morgan fingerprint density at radius 1 is 0.429 bits per heavy atom. The van der Waals surface area contributed by atoms with Gasteiger partial charge >= 0.3 is 0 Å². The number of nitrogens with zero attached hydrogens (tertiary/aromatic N) is 5. The average molecular weight is 671 g/mol. The van der Waals surface area contributed by atoms with Crippen LogP contribution in [-0.4, -0.2) is 60.7 Å². The first-order valence-electron chi connectivity index (χ1n) is 16.2. The van der Waals surface area contributed by atoms with Crippen LogP contribution >= 0.6 is 0 Å². The topological polar surface area (TPSA) is 175 Å². The van der Waals surface area contributed by atoms with Gasteiger partial charge in [-0.05, 0) is 142 Å². The highest BCUT2D eigenvalue weighted by Crippen LogP contribution is 2.02. The number of aromatic nitrogens is 12. The summed E-state index contributed by atoms with van der Waals surface area (Å²) in [4.78, 5) is 16.1. The van der Waals surface area contributed by atoms with Crippen molar-refractivity contribution in [2.75, 3.05) is 0 Å². The standard InChI is InChI=1S/3C6H9N.3C5H8N2.C4H7N3/c1-5-3-7-4-6(5)2;2*1-5-3-4-7-6(5)2;1-4-5(2)7-3-6-4;2*1-4-3-6-7-5(4)2;1-3-4(2)6-7-5-3/h3*3-4,7H,1-2H3;3*3H,1-2H3,(H,6,7);1-2H3,(H,5,6,7). The van der Waals surface area contributed by atoms with Crippen molar-refractivity contribution in [3.05, 3.63) is 135 Å². The zero-order chi connectivity index (χ0) is 36.9. The van der Waals surface area contributed by atoms with E-state index in [1.807, 2.05) is 92.6 Å². The molecule has 12 heteroatoms. The Hall–Kier alpha value is -5.39. The van der Waals surface area contributed by atoms with Gasteiger partial charge < -0.3 is 19.9 Å². The fraction of sp³-hybridized carbons (Fsp3) is 0.378. The lowest BCUT2D eigenvalue weighted by Gasteiger charge is -1.81. The molecule has 0 radical (unpaired) electrons. The molecule has 0 unspecified atom stereocenters. The van der Waals surface area contributed by atoms with Crippen LogP contribution in [-0.2, 0) is 0 Å². The Morgan fingerprint density at radius 2 is 0.857 bits per heavy atom. The average Bonchev–Trinajstić information content (AvgIpc) is 3.96. The second kappa shape index (κ2) is 22.2.